The minimum atomic E-state index is -2.46. The zero-order valence-electron chi connectivity index (χ0n) is 7.30. The molecular formula is C5H9O6S3-3. The fourth-order valence-electron chi connectivity index (χ4n) is 0.979. The predicted molar refractivity (Wildman–Crippen MR) is 49.5 cm³/mol. The van der Waals surface area contributed by atoms with E-state index in [4.69, 9.17) is 0 Å². The Kier molecular flexibility index (Phi) is 6.17. The number of hydrogen-bond acceptors (Lipinski definition) is 6. The van der Waals surface area contributed by atoms with Crippen LogP contribution in [0.4, 0.5) is 0 Å². The SMILES string of the molecule is CC(CS(=O)[O-])(CS(=O)[O-])CS(=O)[O-]. The first-order chi connectivity index (χ1) is 6.25. The van der Waals surface area contributed by atoms with Gasteiger partial charge in [-0.25, -0.2) is 0 Å². The van der Waals surface area contributed by atoms with E-state index in [9.17, 15) is 26.3 Å². The van der Waals surface area contributed by atoms with Gasteiger partial charge in [0, 0.05) is 17.3 Å². The number of rotatable bonds is 6. The van der Waals surface area contributed by atoms with Crippen LogP contribution in [0.5, 0.6) is 0 Å². The van der Waals surface area contributed by atoms with Crippen LogP contribution < -0.4 is 0 Å². The lowest BCUT2D eigenvalue weighted by Crippen LogP contribution is -2.35. The summed E-state index contributed by atoms with van der Waals surface area (Å²) in [7, 11) is 0. The van der Waals surface area contributed by atoms with Crippen molar-refractivity contribution in [2.75, 3.05) is 17.3 Å². The highest BCUT2D eigenvalue weighted by Crippen LogP contribution is 2.19. The minimum absolute atomic E-state index is 0.491. The predicted octanol–water partition coefficient (Wildman–Crippen LogP) is -1.37. The molecule has 0 aromatic carbocycles. The van der Waals surface area contributed by atoms with Gasteiger partial charge in [-0.2, -0.15) is 0 Å². The van der Waals surface area contributed by atoms with E-state index in [-0.39, 0.29) is 0 Å². The lowest BCUT2D eigenvalue weighted by molar-refractivity contribution is 0.426. The topological polar surface area (TPSA) is 120 Å². The molecule has 0 amide bonds. The molecule has 3 atom stereocenters. The molecule has 0 aromatic heterocycles. The fraction of sp³-hybridized carbons (Fsp3) is 1.00. The van der Waals surface area contributed by atoms with E-state index >= 15 is 0 Å². The third kappa shape index (κ3) is 6.74. The van der Waals surface area contributed by atoms with Crippen molar-refractivity contribution < 1.29 is 26.3 Å². The molecule has 0 radical (unpaired) electrons. The summed E-state index contributed by atoms with van der Waals surface area (Å²) in [4.78, 5) is 0. The van der Waals surface area contributed by atoms with E-state index in [0.717, 1.165) is 0 Å². The molecule has 0 spiro atoms. The van der Waals surface area contributed by atoms with Crippen LogP contribution in [-0.2, 0) is 33.2 Å². The van der Waals surface area contributed by atoms with Crippen LogP contribution in [0.1, 0.15) is 6.92 Å². The molecule has 9 heteroatoms. The van der Waals surface area contributed by atoms with Crippen molar-refractivity contribution in [1.29, 1.82) is 0 Å². The molecule has 0 fully saturated rings. The molecule has 86 valence electrons. The van der Waals surface area contributed by atoms with E-state index in [0.29, 0.717) is 0 Å². The van der Waals surface area contributed by atoms with Crippen LogP contribution in [0.3, 0.4) is 0 Å². The van der Waals surface area contributed by atoms with Gasteiger partial charge in [0.25, 0.3) is 0 Å². The fourth-order valence-corrected chi connectivity index (χ4v) is 3.69. The highest BCUT2D eigenvalue weighted by Gasteiger charge is 2.25. The van der Waals surface area contributed by atoms with Gasteiger partial charge in [-0.1, -0.05) is 40.2 Å². The molecule has 3 unspecified atom stereocenters. The maximum absolute atomic E-state index is 10.4. The lowest BCUT2D eigenvalue weighted by atomic mass is 10.00. The van der Waals surface area contributed by atoms with Gasteiger partial charge >= 0.3 is 0 Å². The van der Waals surface area contributed by atoms with E-state index in [1.807, 2.05) is 0 Å². The van der Waals surface area contributed by atoms with Gasteiger partial charge in [-0.05, 0) is 5.41 Å². The van der Waals surface area contributed by atoms with Crippen LogP contribution in [0.15, 0.2) is 0 Å². The molecule has 6 nitrogen and oxygen atoms in total. The molecule has 0 aliphatic heterocycles. The summed E-state index contributed by atoms with van der Waals surface area (Å²) >= 11 is -7.39. The summed E-state index contributed by atoms with van der Waals surface area (Å²) in [5.41, 5.74) is -1.27. The summed E-state index contributed by atoms with van der Waals surface area (Å²) in [5, 5.41) is 0. The second-order valence-electron chi connectivity index (χ2n) is 3.15. The monoisotopic (exact) mass is 261 g/mol. The van der Waals surface area contributed by atoms with Gasteiger partial charge in [0.05, 0.1) is 0 Å². The molecule has 0 saturated heterocycles. The van der Waals surface area contributed by atoms with Crippen LogP contribution in [-0.4, -0.2) is 43.5 Å². The third-order valence-corrected chi connectivity index (χ3v) is 4.20. The van der Waals surface area contributed by atoms with Crippen molar-refractivity contribution >= 4 is 33.2 Å². The normalized spacial score (nSPS) is 22.3. The molecule has 0 bridgehead atoms. The Labute approximate surface area is 89.3 Å². The Balaban J connectivity index is 4.56. The van der Waals surface area contributed by atoms with Crippen LogP contribution in [0.2, 0.25) is 0 Å². The van der Waals surface area contributed by atoms with Crippen LogP contribution in [0, 0.1) is 5.41 Å². The largest absolute Gasteiger partial charge is 0.772 e. The van der Waals surface area contributed by atoms with Gasteiger partial charge in [-0.15, -0.1) is 0 Å². The van der Waals surface area contributed by atoms with Crippen molar-refractivity contribution in [3.63, 3.8) is 0 Å². The molecule has 0 aliphatic carbocycles. The summed E-state index contributed by atoms with van der Waals surface area (Å²) in [5.74, 6) is -1.47. The summed E-state index contributed by atoms with van der Waals surface area (Å²) in [6.07, 6.45) is 0. The van der Waals surface area contributed by atoms with Crippen molar-refractivity contribution in [2.45, 2.75) is 6.92 Å². The Morgan fingerprint density at radius 3 is 1.21 bits per heavy atom. The molecule has 0 saturated carbocycles. The first-order valence-corrected chi connectivity index (χ1v) is 7.16. The first kappa shape index (κ1) is 14.3. The second kappa shape index (κ2) is 6.03. The van der Waals surface area contributed by atoms with E-state index in [1.165, 1.54) is 6.92 Å². The maximum atomic E-state index is 10.4. The lowest BCUT2D eigenvalue weighted by Gasteiger charge is -2.31. The Morgan fingerprint density at radius 1 is 0.857 bits per heavy atom. The zero-order chi connectivity index (χ0) is 11.4. The van der Waals surface area contributed by atoms with E-state index in [1.54, 1.807) is 0 Å². The van der Waals surface area contributed by atoms with Gasteiger partial charge in [0.2, 0.25) is 0 Å². The number of hydrogen-bond donors (Lipinski definition) is 0. The average Bonchev–Trinajstić information content (AvgIpc) is 1.76. The van der Waals surface area contributed by atoms with Crippen molar-refractivity contribution in [3.05, 3.63) is 0 Å². The molecular weight excluding hydrogens is 252 g/mol. The van der Waals surface area contributed by atoms with Gasteiger partial charge in [0.15, 0.2) is 0 Å². The Morgan fingerprint density at radius 2 is 1.07 bits per heavy atom. The zero-order valence-corrected chi connectivity index (χ0v) is 9.75. The highest BCUT2D eigenvalue weighted by molar-refractivity contribution is 7.81. The maximum Gasteiger partial charge on any atom is 0.0172 e. The smallest absolute Gasteiger partial charge is 0.0172 e. The molecule has 0 N–H and O–H groups in total. The van der Waals surface area contributed by atoms with Crippen molar-refractivity contribution in [3.8, 4) is 0 Å². The minimum Gasteiger partial charge on any atom is -0.772 e. The van der Waals surface area contributed by atoms with Crippen LogP contribution >= 0.6 is 0 Å². The summed E-state index contributed by atoms with van der Waals surface area (Å²) in [6.45, 7) is 1.30. The molecule has 0 rings (SSSR count). The Bertz CT molecular complexity index is 223. The Hall–Kier alpha value is 0.330. The molecule has 0 heterocycles. The van der Waals surface area contributed by atoms with E-state index < -0.39 is 55.9 Å². The van der Waals surface area contributed by atoms with Crippen molar-refractivity contribution in [1.82, 2.24) is 0 Å². The second-order valence-corrected chi connectivity index (χ2v) is 5.84. The first-order valence-electron chi connectivity index (χ1n) is 3.43. The van der Waals surface area contributed by atoms with Gasteiger partial charge < -0.3 is 13.7 Å². The average molecular weight is 261 g/mol. The molecule has 0 aromatic rings. The standard InChI is InChI=1S/C5H12O6S3/c1-5(2-12(6)7,3-13(8)9)4-14(10)11/h2-4H2,1H3,(H,6,7)(H,8,9)(H,10,11)/p-3. The quantitative estimate of drug-likeness (QED) is 0.544. The van der Waals surface area contributed by atoms with Crippen molar-refractivity contribution in [2.24, 2.45) is 5.41 Å². The van der Waals surface area contributed by atoms with Gasteiger partial charge in [0.1, 0.15) is 0 Å². The van der Waals surface area contributed by atoms with Crippen LogP contribution in [0.25, 0.3) is 0 Å². The third-order valence-electron chi connectivity index (χ3n) is 1.40. The van der Waals surface area contributed by atoms with E-state index in [2.05, 4.69) is 0 Å². The van der Waals surface area contributed by atoms with Gasteiger partial charge in [-0.3, -0.25) is 12.6 Å². The summed E-state index contributed by atoms with van der Waals surface area (Å²) in [6, 6.07) is 0. The molecule has 0 aliphatic rings. The highest BCUT2D eigenvalue weighted by atomic mass is 32.2. The molecule has 14 heavy (non-hydrogen) atoms. The summed E-state index contributed by atoms with van der Waals surface area (Å²) < 4.78 is 62.3.